The van der Waals surface area contributed by atoms with Gasteiger partial charge in [-0.3, -0.25) is 0 Å². The van der Waals surface area contributed by atoms with Crippen LogP contribution in [0.5, 0.6) is 5.75 Å². The van der Waals surface area contributed by atoms with Gasteiger partial charge in [0.05, 0.1) is 12.4 Å². The van der Waals surface area contributed by atoms with Crippen LogP contribution in [0.2, 0.25) is 0 Å². The summed E-state index contributed by atoms with van der Waals surface area (Å²) in [5.74, 6) is 0.901. The number of hydrogen-bond acceptors (Lipinski definition) is 3. The summed E-state index contributed by atoms with van der Waals surface area (Å²) in [5, 5.41) is 0. The van der Waals surface area contributed by atoms with E-state index in [4.69, 9.17) is 4.74 Å². The van der Waals surface area contributed by atoms with E-state index in [0.29, 0.717) is 6.61 Å². The summed E-state index contributed by atoms with van der Waals surface area (Å²) < 4.78 is 26.4. The third-order valence-electron chi connectivity index (χ3n) is 2.00. The second-order valence-electron chi connectivity index (χ2n) is 3.34. The van der Waals surface area contributed by atoms with E-state index in [-0.39, 0.29) is 5.75 Å². The maximum Gasteiger partial charge on any atom is 0.144 e. The Labute approximate surface area is 92.0 Å². The molecule has 0 aliphatic rings. The molecule has 4 heteroatoms. The van der Waals surface area contributed by atoms with Crippen molar-refractivity contribution in [3.05, 3.63) is 29.8 Å². The first-order valence-electron chi connectivity index (χ1n) is 5.06. The highest BCUT2D eigenvalue weighted by Crippen LogP contribution is 2.13. The molecule has 1 rings (SSSR count). The van der Waals surface area contributed by atoms with Crippen LogP contribution in [0.25, 0.3) is 0 Å². The minimum absolute atomic E-state index is 0.102. The first-order chi connectivity index (χ1) is 7.22. The van der Waals surface area contributed by atoms with Crippen molar-refractivity contribution in [2.75, 3.05) is 6.61 Å². The SMILES string of the molecule is CCCCOc1ccc(C[SH](=O)=O)cc1. The topological polar surface area (TPSA) is 43.4 Å². The highest BCUT2D eigenvalue weighted by molar-refractivity contribution is 7.71. The van der Waals surface area contributed by atoms with Crippen LogP contribution in [0, 0.1) is 0 Å². The van der Waals surface area contributed by atoms with Crippen LogP contribution >= 0.6 is 0 Å². The summed E-state index contributed by atoms with van der Waals surface area (Å²) in [4.78, 5) is 0. The summed E-state index contributed by atoms with van der Waals surface area (Å²) in [6.45, 7) is 2.82. The number of rotatable bonds is 6. The van der Waals surface area contributed by atoms with E-state index in [9.17, 15) is 8.42 Å². The molecule has 0 spiro atoms. The molecule has 0 aliphatic carbocycles. The Balaban J connectivity index is 2.48. The number of benzene rings is 1. The normalized spacial score (nSPS) is 10.5. The van der Waals surface area contributed by atoms with E-state index < -0.39 is 10.7 Å². The highest BCUT2D eigenvalue weighted by Gasteiger charge is 1.96. The molecule has 15 heavy (non-hydrogen) atoms. The largest absolute Gasteiger partial charge is 0.494 e. The Morgan fingerprint density at radius 2 is 1.87 bits per heavy atom. The van der Waals surface area contributed by atoms with Crippen LogP contribution in [-0.2, 0) is 16.5 Å². The predicted octanol–water partition coefficient (Wildman–Crippen LogP) is 1.98. The lowest BCUT2D eigenvalue weighted by molar-refractivity contribution is 0.309. The Kier molecular flexibility index (Phi) is 5.18. The third-order valence-corrected chi connectivity index (χ3v) is 2.62. The van der Waals surface area contributed by atoms with E-state index in [0.717, 1.165) is 24.2 Å². The van der Waals surface area contributed by atoms with Crippen LogP contribution in [0.15, 0.2) is 24.3 Å². The Morgan fingerprint density at radius 1 is 1.20 bits per heavy atom. The number of unbranched alkanes of at least 4 members (excludes halogenated alkanes) is 1. The van der Waals surface area contributed by atoms with Gasteiger partial charge in [-0.1, -0.05) is 25.5 Å². The fourth-order valence-corrected chi connectivity index (χ4v) is 1.68. The number of thiol groups is 1. The Hall–Kier alpha value is -1.03. The summed E-state index contributed by atoms with van der Waals surface area (Å²) in [6, 6.07) is 7.19. The molecule has 84 valence electrons. The van der Waals surface area contributed by atoms with Gasteiger partial charge in [0.2, 0.25) is 0 Å². The monoisotopic (exact) mass is 228 g/mol. The average molecular weight is 228 g/mol. The molecule has 0 radical (unpaired) electrons. The van der Waals surface area contributed by atoms with Gasteiger partial charge in [-0.15, -0.1) is 0 Å². The first-order valence-corrected chi connectivity index (χ1v) is 6.42. The quantitative estimate of drug-likeness (QED) is 0.598. The van der Waals surface area contributed by atoms with Crippen molar-refractivity contribution >= 4 is 10.7 Å². The fraction of sp³-hybridized carbons (Fsp3) is 0.455. The fourth-order valence-electron chi connectivity index (χ4n) is 1.17. The lowest BCUT2D eigenvalue weighted by Crippen LogP contribution is -1.96. The lowest BCUT2D eigenvalue weighted by Gasteiger charge is -2.05. The van der Waals surface area contributed by atoms with E-state index in [2.05, 4.69) is 6.92 Å². The molecule has 0 N–H and O–H groups in total. The predicted molar refractivity (Wildman–Crippen MR) is 60.9 cm³/mol. The Morgan fingerprint density at radius 3 is 2.40 bits per heavy atom. The van der Waals surface area contributed by atoms with Crippen molar-refractivity contribution in [3.8, 4) is 5.75 Å². The minimum Gasteiger partial charge on any atom is -0.494 e. The molecule has 0 fully saturated rings. The number of hydrogen-bond donors (Lipinski definition) is 1. The Bertz CT molecular complexity index is 347. The van der Waals surface area contributed by atoms with Crippen molar-refractivity contribution in [3.63, 3.8) is 0 Å². The molecular formula is C11H16O3S. The molecule has 0 atom stereocenters. The van der Waals surface area contributed by atoms with Crippen LogP contribution in [-0.4, -0.2) is 15.0 Å². The molecule has 0 saturated heterocycles. The van der Waals surface area contributed by atoms with Crippen LogP contribution in [0.1, 0.15) is 25.3 Å². The zero-order chi connectivity index (χ0) is 11.1. The number of ether oxygens (including phenoxy) is 1. The molecule has 1 aromatic rings. The van der Waals surface area contributed by atoms with Gasteiger partial charge in [0.15, 0.2) is 0 Å². The van der Waals surface area contributed by atoms with E-state index in [1.807, 2.05) is 12.1 Å². The third kappa shape index (κ3) is 4.83. The molecule has 0 bridgehead atoms. The van der Waals surface area contributed by atoms with Gasteiger partial charge in [-0.05, 0) is 24.1 Å². The molecule has 0 heterocycles. The molecule has 3 nitrogen and oxygen atoms in total. The van der Waals surface area contributed by atoms with Gasteiger partial charge in [0.1, 0.15) is 16.5 Å². The van der Waals surface area contributed by atoms with Crippen LogP contribution in [0.4, 0.5) is 0 Å². The van der Waals surface area contributed by atoms with E-state index in [1.54, 1.807) is 12.1 Å². The van der Waals surface area contributed by atoms with E-state index >= 15 is 0 Å². The zero-order valence-corrected chi connectivity index (χ0v) is 9.70. The average Bonchev–Trinajstić information content (AvgIpc) is 2.20. The van der Waals surface area contributed by atoms with Crippen molar-refractivity contribution in [1.82, 2.24) is 0 Å². The van der Waals surface area contributed by atoms with Crippen molar-refractivity contribution in [2.45, 2.75) is 25.5 Å². The second kappa shape index (κ2) is 6.45. The van der Waals surface area contributed by atoms with Gasteiger partial charge in [0, 0.05) is 0 Å². The van der Waals surface area contributed by atoms with Crippen LogP contribution in [0.3, 0.4) is 0 Å². The van der Waals surface area contributed by atoms with Crippen molar-refractivity contribution < 1.29 is 13.2 Å². The maximum atomic E-state index is 10.5. The van der Waals surface area contributed by atoms with Crippen LogP contribution < -0.4 is 4.74 Å². The molecule has 1 aromatic carbocycles. The minimum atomic E-state index is -2.34. The summed E-state index contributed by atoms with van der Waals surface area (Å²) in [6.07, 6.45) is 2.14. The highest BCUT2D eigenvalue weighted by atomic mass is 32.2. The lowest BCUT2D eigenvalue weighted by atomic mass is 10.2. The van der Waals surface area contributed by atoms with Gasteiger partial charge < -0.3 is 4.74 Å². The smallest absolute Gasteiger partial charge is 0.144 e. The van der Waals surface area contributed by atoms with Gasteiger partial charge in [-0.25, -0.2) is 8.42 Å². The second-order valence-corrected chi connectivity index (χ2v) is 4.32. The summed E-state index contributed by atoms with van der Waals surface area (Å²) in [7, 11) is -2.34. The van der Waals surface area contributed by atoms with E-state index in [1.165, 1.54) is 0 Å². The molecule has 0 aliphatic heterocycles. The molecule has 0 aromatic heterocycles. The standard InChI is InChI=1S/C11H16O3S/c1-2-3-8-14-11-6-4-10(5-7-11)9-15(12)13/h4-7,15H,2-3,8-9H2,1H3. The summed E-state index contributed by atoms with van der Waals surface area (Å²) in [5.41, 5.74) is 0.800. The van der Waals surface area contributed by atoms with Gasteiger partial charge >= 0.3 is 0 Å². The summed E-state index contributed by atoms with van der Waals surface area (Å²) >= 11 is 0. The maximum absolute atomic E-state index is 10.5. The molecule has 0 amide bonds. The first kappa shape index (κ1) is 12.0. The molecule has 0 saturated carbocycles. The van der Waals surface area contributed by atoms with Gasteiger partial charge in [-0.2, -0.15) is 0 Å². The molecular weight excluding hydrogens is 212 g/mol. The van der Waals surface area contributed by atoms with Gasteiger partial charge in [0.25, 0.3) is 0 Å². The molecule has 0 unspecified atom stereocenters. The van der Waals surface area contributed by atoms with Crippen molar-refractivity contribution in [1.29, 1.82) is 0 Å². The van der Waals surface area contributed by atoms with Crippen molar-refractivity contribution in [2.24, 2.45) is 0 Å². The zero-order valence-electron chi connectivity index (χ0n) is 8.81.